The third kappa shape index (κ3) is 2.27. The average Bonchev–Trinajstić information content (AvgIpc) is 1.36. The second-order valence-corrected chi connectivity index (χ2v) is 2.47. The van der Waals surface area contributed by atoms with Crippen molar-refractivity contribution in [2.75, 3.05) is 14.1 Å². The summed E-state index contributed by atoms with van der Waals surface area (Å²) in [5.41, 5.74) is 0. The Morgan fingerprint density at radius 2 is 1.83 bits per heavy atom. The lowest BCUT2D eigenvalue weighted by Crippen LogP contribution is -2.05. The summed E-state index contributed by atoms with van der Waals surface area (Å²) in [7, 11) is 1.38. The zero-order valence-corrected chi connectivity index (χ0v) is 4.70. The van der Waals surface area contributed by atoms with E-state index in [1.165, 1.54) is 4.67 Å². The van der Waals surface area contributed by atoms with E-state index in [1.54, 1.807) is 14.1 Å². The fraction of sp³-hybridized carbons (Fsp3) is 1.00. The lowest BCUT2D eigenvalue weighted by Gasteiger charge is -1.95. The van der Waals surface area contributed by atoms with Crippen molar-refractivity contribution in [1.82, 2.24) is 4.67 Å². The lowest BCUT2D eigenvalue weighted by molar-refractivity contribution is -0.165. The van der Waals surface area contributed by atoms with E-state index < -0.39 is 8.09 Å². The van der Waals surface area contributed by atoms with Gasteiger partial charge in [-0.15, -0.1) is 9.83 Å². The van der Waals surface area contributed by atoms with Crippen LogP contribution in [0.2, 0.25) is 0 Å². The van der Waals surface area contributed by atoms with Gasteiger partial charge in [0.2, 0.25) is 0 Å². The van der Waals surface area contributed by atoms with Crippen molar-refractivity contribution >= 4 is 8.09 Å². The monoisotopic (exact) mass is 106 g/mol. The van der Waals surface area contributed by atoms with E-state index in [9.17, 15) is 4.89 Å². The van der Waals surface area contributed by atoms with Crippen molar-refractivity contribution < 1.29 is 4.89 Å². The first-order valence-electron chi connectivity index (χ1n) is 1.50. The van der Waals surface area contributed by atoms with Crippen LogP contribution >= 0.6 is 8.09 Å². The molecule has 0 radical (unpaired) electrons. The summed E-state index contributed by atoms with van der Waals surface area (Å²) in [4.78, 5) is 9.88. The van der Waals surface area contributed by atoms with Crippen molar-refractivity contribution in [2.24, 2.45) is 0 Å². The number of hydrogen-bond acceptors (Lipinski definition) is 2. The standard InChI is InChI=1S/C2H7N2OP/c1-4(2)6(3)5/h3H,1-2H3. The van der Waals surface area contributed by atoms with Gasteiger partial charge >= 0.3 is 0 Å². The summed E-state index contributed by atoms with van der Waals surface area (Å²) in [6.45, 7) is 0. The molecule has 0 aromatic carbocycles. The summed E-state index contributed by atoms with van der Waals surface area (Å²) in [6.07, 6.45) is 0. The summed E-state index contributed by atoms with van der Waals surface area (Å²) in [6, 6.07) is 0. The third-order valence-electron chi connectivity index (χ3n) is 0.363. The highest BCUT2D eigenvalue weighted by atomic mass is 31.1. The molecule has 0 fully saturated rings. The van der Waals surface area contributed by atoms with Crippen molar-refractivity contribution in [3.05, 3.63) is 0 Å². The van der Waals surface area contributed by atoms with E-state index in [-0.39, 0.29) is 0 Å². The van der Waals surface area contributed by atoms with E-state index in [4.69, 9.17) is 5.16 Å². The van der Waals surface area contributed by atoms with Crippen LogP contribution in [0.4, 0.5) is 0 Å². The normalized spacial score (nSPS) is 12.3. The molecule has 0 aromatic heterocycles. The highest BCUT2D eigenvalue weighted by molar-refractivity contribution is 7.34. The minimum Gasteiger partial charge on any atom is -0.595 e. The molecule has 6 heavy (non-hydrogen) atoms. The first-order valence-corrected chi connectivity index (χ1v) is 2.71. The molecule has 0 aliphatic heterocycles. The van der Waals surface area contributed by atoms with Gasteiger partial charge in [-0.25, -0.2) is 0 Å². The maximum atomic E-state index is 9.88. The van der Waals surface area contributed by atoms with Crippen LogP contribution in [-0.2, 0) is 0 Å². The zero-order chi connectivity index (χ0) is 5.15. The first-order chi connectivity index (χ1) is 2.64. The van der Waals surface area contributed by atoms with Gasteiger partial charge in [-0.3, -0.25) is 0 Å². The quantitative estimate of drug-likeness (QED) is 0.477. The van der Waals surface area contributed by atoms with E-state index in [1.807, 2.05) is 0 Å². The van der Waals surface area contributed by atoms with Crippen LogP contribution in [0, 0.1) is 5.16 Å². The highest BCUT2D eigenvalue weighted by Crippen LogP contribution is 2.08. The molecule has 0 saturated carbocycles. The molecule has 36 valence electrons. The lowest BCUT2D eigenvalue weighted by atomic mass is 11.3. The molecule has 0 aromatic rings. The number of nitrogens with zero attached hydrogens (tertiary/aromatic N) is 1. The molecule has 0 amide bonds. The Morgan fingerprint density at radius 1 is 1.67 bits per heavy atom. The topological polar surface area (TPSA) is 50.2 Å². The second-order valence-electron chi connectivity index (χ2n) is 1.12. The number of hydrogen-bond donors (Lipinski definition) is 1. The van der Waals surface area contributed by atoms with E-state index in [2.05, 4.69) is 0 Å². The molecule has 0 aliphatic rings. The zero-order valence-electron chi connectivity index (χ0n) is 3.80. The largest absolute Gasteiger partial charge is 0.595 e. The Balaban J connectivity index is 3.26. The van der Waals surface area contributed by atoms with Gasteiger partial charge < -0.3 is 4.89 Å². The van der Waals surface area contributed by atoms with E-state index in [0.717, 1.165) is 0 Å². The molecule has 1 unspecified atom stereocenters. The summed E-state index contributed by atoms with van der Waals surface area (Å²) in [5, 5.41) is 6.47. The van der Waals surface area contributed by atoms with Gasteiger partial charge in [0.1, 0.15) is 0 Å². The molecule has 3 nitrogen and oxygen atoms in total. The minimum absolute atomic E-state index is 1.34. The number of nitrogens with one attached hydrogen (secondary N) is 1. The van der Waals surface area contributed by atoms with Crippen LogP contribution in [0.5, 0.6) is 0 Å². The SMILES string of the molecule is CN(C)[P+](=N)[O-]. The second kappa shape index (κ2) is 2.24. The van der Waals surface area contributed by atoms with Gasteiger partial charge in [-0.2, -0.15) is 0 Å². The fourth-order valence-corrected chi connectivity index (χ4v) is 0. The van der Waals surface area contributed by atoms with Crippen LogP contribution in [-0.4, -0.2) is 18.8 Å². The van der Waals surface area contributed by atoms with Crippen LogP contribution in [0.1, 0.15) is 0 Å². The minimum atomic E-state index is -1.83. The fourth-order valence-electron chi connectivity index (χ4n) is 0. The number of rotatable bonds is 1. The van der Waals surface area contributed by atoms with Gasteiger partial charge in [-0.05, 0) is 0 Å². The molecular weight excluding hydrogens is 99.0 g/mol. The molecular formula is C2H7N2OP. The Kier molecular flexibility index (Phi) is 2.25. The van der Waals surface area contributed by atoms with Crippen LogP contribution in [0.3, 0.4) is 0 Å². The summed E-state index contributed by atoms with van der Waals surface area (Å²) < 4.78 is 1.34. The van der Waals surface area contributed by atoms with Gasteiger partial charge in [0.15, 0.2) is 0 Å². The Hall–Kier alpha value is 0.0200. The first kappa shape index (κ1) is 6.02. The van der Waals surface area contributed by atoms with Gasteiger partial charge in [0.25, 0.3) is 8.09 Å². The third-order valence-corrected chi connectivity index (χ3v) is 1.09. The Labute approximate surface area is 38.0 Å². The molecule has 0 saturated heterocycles. The van der Waals surface area contributed by atoms with E-state index >= 15 is 0 Å². The van der Waals surface area contributed by atoms with Crippen LogP contribution < -0.4 is 4.89 Å². The highest BCUT2D eigenvalue weighted by Gasteiger charge is 1.92. The Bertz CT molecular complexity index is 62.6. The smallest absolute Gasteiger partial charge is 0.260 e. The van der Waals surface area contributed by atoms with Crippen molar-refractivity contribution in [3.8, 4) is 0 Å². The summed E-state index contributed by atoms with van der Waals surface area (Å²) in [5.74, 6) is 0. The summed E-state index contributed by atoms with van der Waals surface area (Å²) >= 11 is 0. The maximum absolute atomic E-state index is 9.88. The van der Waals surface area contributed by atoms with Crippen molar-refractivity contribution in [3.63, 3.8) is 0 Å². The van der Waals surface area contributed by atoms with Crippen molar-refractivity contribution in [2.45, 2.75) is 0 Å². The predicted octanol–water partition coefficient (Wildman–Crippen LogP) is -0.0174. The average molecular weight is 106 g/mol. The van der Waals surface area contributed by atoms with E-state index in [0.29, 0.717) is 0 Å². The predicted molar refractivity (Wildman–Crippen MR) is 23.3 cm³/mol. The molecule has 1 atom stereocenters. The molecule has 0 heterocycles. The Morgan fingerprint density at radius 3 is 1.83 bits per heavy atom. The van der Waals surface area contributed by atoms with Gasteiger partial charge in [-0.1, -0.05) is 0 Å². The van der Waals surface area contributed by atoms with Gasteiger partial charge in [0.05, 0.1) is 0 Å². The molecule has 4 heteroatoms. The molecule has 0 spiro atoms. The van der Waals surface area contributed by atoms with Crippen LogP contribution in [0.25, 0.3) is 0 Å². The van der Waals surface area contributed by atoms with Gasteiger partial charge in [0, 0.05) is 14.1 Å². The molecule has 0 rings (SSSR count). The van der Waals surface area contributed by atoms with Crippen molar-refractivity contribution in [1.29, 1.82) is 5.16 Å². The maximum Gasteiger partial charge on any atom is 0.260 e. The molecule has 0 aliphatic carbocycles. The molecule has 1 N–H and O–H groups in total. The van der Waals surface area contributed by atoms with Crippen LogP contribution in [0.15, 0.2) is 0 Å². The molecule has 0 bridgehead atoms.